The monoisotopic (exact) mass is 346 g/mol. The first kappa shape index (κ1) is 18.3. The van der Waals surface area contributed by atoms with Crippen molar-refractivity contribution in [1.82, 2.24) is 10.6 Å². The number of hydrogen-bond donors (Lipinski definition) is 2. The SMILES string of the molecule is CC(C)CNC(=O)NC(=O)COC(=O)c1ccc(Cl)c(Cl)c1. The van der Waals surface area contributed by atoms with Crippen LogP contribution < -0.4 is 10.6 Å². The number of carbonyl (C=O) groups is 3. The molecule has 8 heteroatoms. The van der Waals surface area contributed by atoms with Crippen molar-refractivity contribution in [1.29, 1.82) is 0 Å². The fourth-order valence-corrected chi connectivity index (χ4v) is 1.64. The van der Waals surface area contributed by atoms with Gasteiger partial charge in [0.1, 0.15) is 0 Å². The number of benzene rings is 1. The van der Waals surface area contributed by atoms with Gasteiger partial charge in [-0.05, 0) is 24.1 Å². The molecule has 0 aliphatic heterocycles. The fraction of sp³-hybridized carbons (Fsp3) is 0.357. The Bertz CT molecular complexity index is 576. The minimum atomic E-state index is -0.740. The number of nitrogens with one attached hydrogen (secondary N) is 2. The molecular formula is C14H16Cl2N2O4. The standard InChI is InChI=1S/C14H16Cl2N2O4/c1-8(2)6-17-14(21)18-12(19)7-22-13(20)9-3-4-10(15)11(16)5-9/h3-5,8H,6-7H2,1-2H3,(H2,17,18,19,21). The van der Waals surface area contributed by atoms with Crippen LogP contribution in [-0.4, -0.2) is 31.1 Å². The molecular weight excluding hydrogens is 331 g/mol. The predicted octanol–water partition coefficient (Wildman–Crippen LogP) is 2.63. The molecule has 0 aliphatic carbocycles. The zero-order valence-electron chi connectivity index (χ0n) is 12.1. The molecule has 1 aromatic carbocycles. The number of esters is 1. The maximum absolute atomic E-state index is 11.7. The summed E-state index contributed by atoms with van der Waals surface area (Å²) in [6.07, 6.45) is 0. The molecule has 0 atom stereocenters. The maximum Gasteiger partial charge on any atom is 0.338 e. The van der Waals surface area contributed by atoms with Crippen LogP contribution in [0.5, 0.6) is 0 Å². The summed E-state index contributed by atoms with van der Waals surface area (Å²) in [6.45, 7) is 3.69. The van der Waals surface area contributed by atoms with Crippen molar-refractivity contribution in [2.45, 2.75) is 13.8 Å². The minimum absolute atomic E-state index is 0.159. The average Bonchev–Trinajstić information content (AvgIpc) is 2.45. The summed E-state index contributed by atoms with van der Waals surface area (Å²) < 4.78 is 4.78. The van der Waals surface area contributed by atoms with Gasteiger partial charge in [0.25, 0.3) is 5.91 Å². The highest BCUT2D eigenvalue weighted by atomic mass is 35.5. The van der Waals surface area contributed by atoms with Gasteiger partial charge in [-0.1, -0.05) is 37.0 Å². The molecule has 0 saturated heterocycles. The van der Waals surface area contributed by atoms with Crippen molar-refractivity contribution >= 4 is 41.1 Å². The van der Waals surface area contributed by atoms with E-state index in [1.165, 1.54) is 18.2 Å². The zero-order chi connectivity index (χ0) is 16.7. The summed E-state index contributed by atoms with van der Waals surface area (Å²) in [5, 5.41) is 5.06. The van der Waals surface area contributed by atoms with Crippen LogP contribution in [0.2, 0.25) is 10.0 Å². The lowest BCUT2D eigenvalue weighted by atomic mass is 10.2. The molecule has 0 saturated carbocycles. The second-order valence-corrected chi connectivity index (χ2v) is 5.67. The van der Waals surface area contributed by atoms with Gasteiger partial charge in [-0.2, -0.15) is 0 Å². The van der Waals surface area contributed by atoms with Crippen molar-refractivity contribution in [3.8, 4) is 0 Å². The summed E-state index contributed by atoms with van der Waals surface area (Å²) >= 11 is 11.5. The van der Waals surface area contributed by atoms with E-state index in [-0.39, 0.29) is 16.5 Å². The molecule has 1 aromatic rings. The summed E-state index contributed by atoms with van der Waals surface area (Å²) in [6, 6.07) is 3.56. The molecule has 120 valence electrons. The lowest BCUT2D eigenvalue weighted by molar-refractivity contribution is -0.123. The van der Waals surface area contributed by atoms with E-state index in [0.717, 1.165) is 0 Å². The first-order chi connectivity index (χ1) is 10.3. The van der Waals surface area contributed by atoms with Gasteiger partial charge in [0, 0.05) is 6.54 Å². The first-order valence-electron chi connectivity index (χ1n) is 6.49. The Balaban J connectivity index is 2.41. The summed E-state index contributed by atoms with van der Waals surface area (Å²) in [4.78, 5) is 34.5. The fourth-order valence-electron chi connectivity index (χ4n) is 1.34. The number of halogens is 2. The van der Waals surface area contributed by atoms with Crippen molar-refractivity contribution < 1.29 is 19.1 Å². The van der Waals surface area contributed by atoms with Gasteiger partial charge >= 0.3 is 12.0 Å². The largest absolute Gasteiger partial charge is 0.452 e. The van der Waals surface area contributed by atoms with Crippen LogP contribution >= 0.6 is 23.2 Å². The van der Waals surface area contributed by atoms with Crippen LogP contribution in [-0.2, 0) is 9.53 Å². The normalized spacial score (nSPS) is 10.2. The Hall–Kier alpha value is -1.79. The van der Waals surface area contributed by atoms with Crippen LogP contribution in [0.1, 0.15) is 24.2 Å². The third-order valence-corrected chi connectivity index (χ3v) is 3.15. The number of hydrogen-bond acceptors (Lipinski definition) is 4. The summed E-state index contributed by atoms with van der Waals surface area (Å²) in [5.41, 5.74) is 0.159. The molecule has 0 heterocycles. The van der Waals surface area contributed by atoms with Gasteiger partial charge in [0.05, 0.1) is 15.6 Å². The number of ether oxygens (including phenoxy) is 1. The van der Waals surface area contributed by atoms with Gasteiger partial charge in [0.15, 0.2) is 6.61 Å². The summed E-state index contributed by atoms with van der Waals surface area (Å²) in [5.74, 6) is -1.21. The maximum atomic E-state index is 11.7. The van der Waals surface area contributed by atoms with Gasteiger partial charge in [-0.25, -0.2) is 9.59 Å². The number of rotatable bonds is 5. The number of imide groups is 1. The van der Waals surface area contributed by atoms with Gasteiger partial charge in [-0.3, -0.25) is 10.1 Å². The van der Waals surface area contributed by atoms with Crippen molar-refractivity contribution in [2.24, 2.45) is 5.92 Å². The zero-order valence-corrected chi connectivity index (χ0v) is 13.6. The van der Waals surface area contributed by atoms with E-state index in [1.54, 1.807) is 0 Å². The van der Waals surface area contributed by atoms with Crippen LogP contribution in [0.25, 0.3) is 0 Å². The van der Waals surface area contributed by atoms with Gasteiger partial charge in [0.2, 0.25) is 0 Å². The van der Waals surface area contributed by atoms with E-state index in [4.69, 9.17) is 27.9 Å². The molecule has 0 fully saturated rings. The quantitative estimate of drug-likeness (QED) is 0.802. The molecule has 22 heavy (non-hydrogen) atoms. The van der Waals surface area contributed by atoms with Gasteiger partial charge < -0.3 is 10.1 Å². The number of amides is 3. The van der Waals surface area contributed by atoms with E-state index < -0.39 is 24.5 Å². The third kappa shape index (κ3) is 6.32. The Morgan fingerprint density at radius 1 is 1.18 bits per heavy atom. The Morgan fingerprint density at radius 2 is 1.86 bits per heavy atom. The van der Waals surface area contributed by atoms with Crippen LogP contribution in [0.15, 0.2) is 18.2 Å². The second kappa shape index (κ2) is 8.60. The molecule has 0 radical (unpaired) electrons. The number of urea groups is 1. The summed E-state index contributed by atoms with van der Waals surface area (Å²) in [7, 11) is 0. The lowest BCUT2D eigenvalue weighted by Gasteiger charge is -2.09. The van der Waals surface area contributed by atoms with E-state index in [9.17, 15) is 14.4 Å². The van der Waals surface area contributed by atoms with Crippen molar-refractivity contribution in [2.75, 3.05) is 13.2 Å². The van der Waals surface area contributed by atoms with E-state index in [1.807, 2.05) is 19.2 Å². The number of carbonyl (C=O) groups excluding carboxylic acids is 3. The van der Waals surface area contributed by atoms with E-state index in [2.05, 4.69) is 5.32 Å². The lowest BCUT2D eigenvalue weighted by Crippen LogP contribution is -2.42. The molecule has 0 bridgehead atoms. The molecule has 3 amide bonds. The predicted molar refractivity (Wildman–Crippen MR) is 83.1 cm³/mol. The molecule has 2 N–H and O–H groups in total. The van der Waals surface area contributed by atoms with E-state index in [0.29, 0.717) is 11.6 Å². The smallest absolute Gasteiger partial charge is 0.338 e. The Labute approximate surface area is 138 Å². The Morgan fingerprint density at radius 3 is 2.45 bits per heavy atom. The van der Waals surface area contributed by atoms with E-state index >= 15 is 0 Å². The first-order valence-corrected chi connectivity index (χ1v) is 7.25. The molecule has 0 aromatic heterocycles. The van der Waals surface area contributed by atoms with Crippen LogP contribution in [0.4, 0.5) is 4.79 Å². The molecule has 6 nitrogen and oxygen atoms in total. The molecule has 0 unspecified atom stereocenters. The van der Waals surface area contributed by atoms with Crippen LogP contribution in [0.3, 0.4) is 0 Å². The molecule has 0 aliphatic rings. The molecule has 1 rings (SSSR count). The van der Waals surface area contributed by atoms with Crippen molar-refractivity contribution in [3.63, 3.8) is 0 Å². The van der Waals surface area contributed by atoms with Crippen molar-refractivity contribution in [3.05, 3.63) is 33.8 Å². The highest BCUT2D eigenvalue weighted by molar-refractivity contribution is 6.42. The second-order valence-electron chi connectivity index (χ2n) is 4.86. The topological polar surface area (TPSA) is 84.5 Å². The van der Waals surface area contributed by atoms with Gasteiger partial charge in [-0.15, -0.1) is 0 Å². The Kier molecular flexibility index (Phi) is 7.14. The average molecular weight is 347 g/mol. The third-order valence-electron chi connectivity index (χ3n) is 2.41. The molecule has 0 spiro atoms. The van der Waals surface area contributed by atoms with Crippen LogP contribution in [0, 0.1) is 5.92 Å². The highest BCUT2D eigenvalue weighted by Crippen LogP contribution is 2.22. The highest BCUT2D eigenvalue weighted by Gasteiger charge is 2.13. The minimum Gasteiger partial charge on any atom is -0.452 e.